The lowest BCUT2D eigenvalue weighted by Gasteiger charge is -2.49. The van der Waals surface area contributed by atoms with Crippen LogP contribution in [0.4, 0.5) is 0 Å². The van der Waals surface area contributed by atoms with Gasteiger partial charge in [0.2, 0.25) is 11.8 Å². The first-order valence-corrected chi connectivity index (χ1v) is 15.3. The Kier molecular flexibility index (Phi) is 15.0. The van der Waals surface area contributed by atoms with E-state index in [0.29, 0.717) is 0 Å². The van der Waals surface area contributed by atoms with Gasteiger partial charge in [0, 0.05) is 12.6 Å². The molecule has 2 amide bonds. The summed E-state index contributed by atoms with van der Waals surface area (Å²) in [5, 5.41) is 99.1. The van der Waals surface area contributed by atoms with Gasteiger partial charge in [-0.25, -0.2) is 0 Å². The van der Waals surface area contributed by atoms with Gasteiger partial charge in [-0.05, 0) is 32.4 Å². The Labute approximate surface area is 269 Å². The number of hydrogen-bond acceptors (Lipinski definition) is 19. The number of aliphatic hydroxyl groups excluding tert-OH is 9. The molecule has 0 aromatic heterocycles. The number of nitrogens with one attached hydrogen (secondary N) is 2. The first-order chi connectivity index (χ1) is 22.2. The zero-order valence-electron chi connectivity index (χ0n) is 25.5. The number of hydrogen-bond donors (Lipinski definition) is 15. The Morgan fingerprint density at radius 2 is 1.26 bits per heavy atom. The fraction of sp³-hybridized carbons (Fsp3) is 0.923. The first kappa shape index (κ1) is 39.7. The van der Waals surface area contributed by atoms with Gasteiger partial charge in [-0.1, -0.05) is 0 Å². The summed E-state index contributed by atoms with van der Waals surface area (Å²) >= 11 is 0. The second-order valence-corrected chi connectivity index (χ2v) is 11.9. The zero-order valence-corrected chi connectivity index (χ0v) is 25.5. The van der Waals surface area contributed by atoms with Crippen LogP contribution >= 0.6 is 0 Å². The highest BCUT2D eigenvalue weighted by molar-refractivity contribution is 5.81. The molecule has 47 heavy (non-hydrogen) atoms. The van der Waals surface area contributed by atoms with Crippen LogP contribution in [0.1, 0.15) is 19.3 Å². The average molecular weight is 687 g/mol. The number of nitrogens with two attached hydrogens (primary N) is 4. The fourth-order valence-electron chi connectivity index (χ4n) is 5.76. The highest BCUT2D eigenvalue weighted by atomic mass is 16.7. The van der Waals surface area contributed by atoms with Crippen molar-refractivity contribution in [3.8, 4) is 0 Å². The van der Waals surface area contributed by atoms with Crippen molar-refractivity contribution in [3.05, 3.63) is 0 Å². The Morgan fingerprint density at radius 3 is 1.81 bits per heavy atom. The minimum atomic E-state index is -1.89. The van der Waals surface area contributed by atoms with Gasteiger partial charge >= 0.3 is 0 Å². The third-order valence-corrected chi connectivity index (χ3v) is 8.51. The lowest BCUT2D eigenvalue weighted by molar-refractivity contribution is -0.333. The highest BCUT2D eigenvalue weighted by Gasteiger charge is 2.53. The number of amides is 2. The van der Waals surface area contributed by atoms with Crippen molar-refractivity contribution in [2.45, 2.75) is 123 Å². The van der Waals surface area contributed by atoms with Crippen LogP contribution < -0.4 is 33.6 Å². The van der Waals surface area contributed by atoms with Crippen molar-refractivity contribution in [1.29, 1.82) is 0 Å². The molecule has 2 heterocycles. The largest absolute Gasteiger partial charge is 0.394 e. The van der Waals surface area contributed by atoms with Crippen LogP contribution in [0.15, 0.2) is 0 Å². The predicted octanol–water partition coefficient (Wildman–Crippen LogP) is -9.56. The van der Waals surface area contributed by atoms with E-state index in [1.165, 1.54) is 0 Å². The van der Waals surface area contributed by atoms with E-state index in [0.717, 1.165) is 0 Å². The molecular formula is C26H50N6O15. The van der Waals surface area contributed by atoms with Crippen molar-refractivity contribution >= 4 is 11.8 Å². The molecule has 17 atom stereocenters. The van der Waals surface area contributed by atoms with Gasteiger partial charge in [0.25, 0.3) is 0 Å². The molecule has 2 saturated heterocycles. The quantitative estimate of drug-likeness (QED) is 0.0806. The minimum Gasteiger partial charge on any atom is -0.394 e. The Bertz CT molecular complexity index is 1000. The van der Waals surface area contributed by atoms with E-state index in [1.54, 1.807) is 0 Å². The third-order valence-electron chi connectivity index (χ3n) is 8.51. The van der Waals surface area contributed by atoms with Crippen LogP contribution in [0.25, 0.3) is 0 Å². The third kappa shape index (κ3) is 9.29. The number of carbonyl (C=O) groups excluding carboxylic acids is 2. The van der Waals surface area contributed by atoms with E-state index >= 15 is 0 Å². The van der Waals surface area contributed by atoms with Gasteiger partial charge in [0.1, 0.15) is 73.2 Å². The Hall–Kier alpha value is -1.74. The topological polar surface area (TPSA) is 381 Å². The molecule has 3 fully saturated rings. The van der Waals surface area contributed by atoms with Crippen LogP contribution in [0.2, 0.25) is 0 Å². The van der Waals surface area contributed by atoms with Crippen molar-refractivity contribution in [2.75, 3.05) is 26.2 Å². The van der Waals surface area contributed by atoms with E-state index in [2.05, 4.69) is 10.6 Å². The SMILES string of the molecule is NCCC(O)C(=O)N[C@@H]1[C@@H](O)[C@@H](O[C@@H]2[C@@H](O)[C@H](O[C@H]3O[C@H](CN)[C@@H](O)[C@H](O)[C@H]3O)[C@@H](N)C[C@H]2NC(=O)C(O)CCN)O[C@H](CO)[C@H]1O. The van der Waals surface area contributed by atoms with Crippen LogP contribution in [0.5, 0.6) is 0 Å². The second kappa shape index (κ2) is 17.8. The summed E-state index contributed by atoms with van der Waals surface area (Å²) in [6.45, 7) is -1.18. The molecule has 0 aromatic carbocycles. The molecule has 0 radical (unpaired) electrons. The van der Waals surface area contributed by atoms with Gasteiger partial charge in [-0.3, -0.25) is 9.59 Å². The molecule has 21 nitrogen and oxygen atoms in total. The van der Waals surface area contributed by atoms with E-state index in [1.807, 2.05) is 0 Å². The van der Waals surface area contributed by atoms with Gasteiger partial charge in [0.05, 0.1) is 18.7 Å². The molecule has 1 saturated carbocycles. The smallest absolute Gasteiger partial charge is 0.249 e. The molecule has 3 aliphatic rings. The maximum atomic E-state index is 12.8. The monoisotopic (exact) mass is 686 g/mol. The van der Waals surface area contributed by atoms with E-state index in [4.69, 9.17) is 41.9 Å². The van der Waals surface area contributed by atoms with Crippen LogP contribution in [0, 0.1) is 0 Å². The predicted molar refractivity (Wildman–Crippen MR) is 155 cm³/mol. The number of ether oxygens (including phenoxy) is 4. The van der Waals surface area contributed by atoms with Gasteiger partial charge < -0.3 is 98.5 Å². The molecule has 0 spiro atoms. The van der Waals surface area contributed by atoms with Gasteiger partial charge in [-0.15, -0.1) is 0 Å². The van der Waals surface area contributed by atoms with E-state index < -0.39 is 122 Å². The zero-order chi connectivity index (χ0) is 35.2. The summed E-state index contributed by atoms with van der Waals surface area (Å²) in [5.41, 5.74) is 22.7. The average Bonchev–Trinajstić information content (AvgIpc) is 3.03. The summed E-state index contributed by atoms with van der Waals surface area (Å²) in [7, 11) is 0. The lowest BCUT2D eigenvalue weighted by Crippen LogP contribution is -2.70. The molecule has 1 aliphatic carbocycles. The van der Waals surface area contributed by atoms with E-state index in [9.17, 15) is 55.5 Å². The van der Waals surface area contributed by atoms with Gasteiger partial charge in [0.15, 0.2) is 12.6 Å². The van der Waals surface area contributed by atoms with Crippen molar-refractivity contribution in [2.24, 2.45) is 22.9 Å². The summed E-state index contributed by atoms with van der Waals surface area (Å²) in [4.78, 5) is 25.3. The van der Waals surface area contributed by atoms with Crippen LogP contribution in [0.3, 0.4) is 0 Å². The molecule has 19 N–H and O–H groups in total. The number of aliphatic hydroxyl groups is 9. The molecule has 2 aliphatic heterocycles. The van der Waals surface area contributed by atoms with Crippen molar-refractivity contribution in [1.82, 2.24) is 10.6 Å². The first-order valence-electron chi connectivity index (χ1n) is 15.3. The summed E-state index contributed by atoms with van der Waals surface area (Å²) < 4.78 is 22.8. The molecular weight excluding hydrogens is 636 g/mol. The molecule has 21 heteroatoms. The molecule has 2 unspecified atom stereocenters. The maximum Gasteiger partial charge on any atom is 0.249 e. The van der Waals surface area contributed by atoms with Gasteiger partial charge in [-0.2, -0.15) is 0 Å². The summed E-state index contributed by atoms with van der Waals surface area (Å²) in [5.74, 6) is -1.91. The standard InChI is InChI=1S/C26H50N6O15/c27-3-1-10(34)23(42)31-9-5-8(30)21(46-26-19(40)18(39)16(37)12(6-29)44-26)20(41)22(9)47-25-17(38)14(15(36)13(7-33)45-25)32-24(43)11(35)2-4-28/h8-22,25-26,33-41H,1-7,27-30H2,(H,31,42)(H,32,43)/t8-,9+,10?,11?,12+,13+,14-,15+,16+,17+,18-,19+,20-,21+,22-,25+,26+/m0/s1. The molecule has 3 rings (SSSR count). The molecule has 0 aromatic rings. The van der Waals surface area contributed by atoms with E-state index in [-0.39, 0.29) is 38.9 Å². The lowest BCUT2D eigenvalue weighted by atomic mass is 9.83. The maximum absolute atomic E-state index is 12.8. The normalized spacial score (nSPS) is 42.4. The second-order valence-electron chi connectivity index (χ2n) is 11.9. The van der Waals surface area contributed by atoms with Crippen LogP contribution in [-0.4, -0.2) is 188 Å². The minimum absolute atomic E-state index is 0.0363. The Balaban J connectivity index is 1.90. The van der Waals surface area contributed by atoms with Crippen molar-refractivity contribution < 1.29 is 74.5 Å². The summed E-state index contributed by atoms with van der Waals surface area (Å²) in [6.07, 6.45) is -23.3. The Morgan fingerprint density at radius 1 is 0.723 bits per heavy atom. The van der Waals surface area contributed by atoms with Crippen LogP contribution in [-0.2, 0) is 28.5 Å². The molecule has 274 valence electrons. The fourth-order valence-corrected chi connectivity index (χ4v) is 5.76. The summed E-state index contributed by atoms with van der Waals surface area (Å²) in [6, 6.07) is -3.92. The highest BCUT2D eigenvalue weighted by Crippen LogP contribution is 2.32. The van der Waals surface area contributed by atoms with Crippen molar-refractivity contribution in [3.63, 3.8) is 0 Å². The number of carbonyl (C=O) groups is 2. The number of rotatable bonds is 14. The molecule has 0 bridgehead atoms.